The molecule has 0 radical (unpaired) electrons. The molecule has 2 saturated carbocycles. The molecule has 5 nitrogen and oxygen atoms in total. The Bertz CT molecular complexity index is 361. The van der Waals surface area contributed by atoms with E-state index < -0.39 is 5.60 Å². The number of hydrogen-bond acceptors (Lipinski definition) is 4. The van der Waals surface area contributed by atoms with Crippen LogP contribution in [0.3, 0.4) is 0 Å². The first-order valence-corrected chi connectivity index (χ1v) is 8.63. The lowest BCUT2D eigenvalue weighted by Gasteiger charge is -2.41. The molecule has 0 aliphatic heterocycles. The maximum atomic E-state index is 11.8. The van der Waals surface area contributed by atoms with E-state index in [0.717, 1.165) is 12.8 Å². The Kier molecular flexibility index (Phi) is 6.09. The van der Waals surface area contributed by atoms with Crippen molar-refractivity contribution in [1.82, 2.24) is 10.6 Å². The van der Waals surface area contributed by atoms with E-state index in [4.69, 9.17) is 9.47 Å². The quantitative estimate of drug-likeness (QED) is 0.819. The number of nitrogens with one attached hydrogen (secondary N) is 2. The van der Waals surface area contributed by atoms with Crippen LogP contribution in [0.4, 0.5) is 4.79 Å². The van der Waals surface area contributed by atoms with Gasteiger partial charge in [0.25, 0.3) is 0 Å². The van der Waals surface area contributed by atoms with Crippen LogP contribution < -0.4 is 10.6 Å². The third kappa shape index (κ3) is 5.43. The molecule has 2 rings (SSSR count). The Labute approximate surface area is 134 Å². The van der Waals surface area contributed by atoms with Crippen LogP contribution in [0.15, 0.2) is 0 Å². The van der Waals surface area contributed by atoms with E-state index in [1.165, 1.54) is 25.7 Å². The molecule has 2 atom stereocenters. The van der Waals surface area contributed by atoms with Crippen LogP contribution in [-0.4, -0.2) is 43.5 Å². The first-order valence-electron chi connectivity index (χ1n) is 8.63. The van der Waals surface area contributed by atoms with Gasteiger partial charge in [0.2, 0.25) is 0 Å². The zero-order valence-electron chi connectivity index (χ0n) is 14.5. The second kappa shape index (κ2) is 7.64. The molecule has 0 spiro atoms. The van der Waals surface area contributed by atoms with Crippen molar-refractivity contribution in [2.45, 2.75) is 83.1 Å². The molecule has 0 saturated heterocycles. The standard InChI is InChI=1S/C17H32N2O3/c1-17(2,3)22-16(20)18-11-12-7-5-6-8-15(12)19-13-9-14(10-13)21-4/h12-15,19H,5-11H2,1-4H3,(H,18,20). The first kappa shape index (κ1) is 17.5. The third-order valence-corrected chi connectivity index (χ3v) is 4.69. The zero-order valence-corrected chi connectivity index (χ0v) is 14.5. The van der Waals surface area contributed by atoms with E-state index in [0.29, 0.717) is 30.7 Å². The van der Waals surface area contributed by atoms with Gasteiger partial charge in [0.15, 0.2) is 0 Å². The number of ether oxygens (including phenoxy) is 2. The summed E-state index contributed by atoms with van der Waals surface area (Å²) in [7, 11) is 1.79. The maximum absolute atomic E-state index is 11.8. The van der Waals surface area contributed by atoms with Gasteiger partial charge in [0, 0.05) is 25.7 Å². The van der Waals surface area contributed by atoms with Gasteiger partial charge < -0.3 is 20.1 Å². The van der Waals surface area contributed by atoms with Crippen molar-refractivity contribution >= 4 is 6.09 Å². The van der Waals surface area contributed by atoms with Crippen molar-refractivity contribution < 1.29 is 14.3 Å². The molecule has 0 aromatic heterocycles. The van der Waals surface area contributed by atoms with Crippen LogP contribution >= 0.6 is 0 Å². The molecule has 2 fully saturated rings. The zero-order chi connectivity index (χ0) is 16.2. The Morgan fingerprint density at radius 2 is 1.86 bits per heavy atom. The lowest BCUT2D eigenvalue weighted by atomic mass is 9.81. The van der Waals surface area contributed by atoms with Gasteiger partial charge in [-0.1, -0.05) is 12.8 Å². The van der Waals surface area contributed by atoms with Crippen LogP contribution in [0.2, 0.25) is 0 Å². The lowest BCUT2D eigenvalue weighted by Crippen LogP contribution is -2.53. The summed E-state index contributed by atoms with van der Waals surface area (Å²) in [5, 5.41) is 6.71. The molecule has 0 aromatic carbocycles. The van der Waals surface area contributed by atoms with Crippen molar-refractivity contribution in [3.05, 3.63) is 0 Å². The predicted octanol–water partition coefficient (Wildman–Crippen LogP) is 2.84. The minimum absolute atomic E-state index is 0.306. The fourth-order valence-electron chi connectivity index (χ4n) is 3.40. The average Bonchev–Trinajstić information content (AvgIpc) is 2.39. The highest BCUT2D eigenvalue weighted by Gasteiger charge is 2.34. The first-order chi connectivity index (χ1) is 10.4. The summed E-state index contributed by atoms with van der Waals surface area (Å²) in [6.07, 6.45) is 7.26. The molecule has 2 unspecified atom stereocenters. The average molecular weight is 312 g/mol. The highest BCUT2D eigenvalue weighted by Crippen LogP contribution is 2.29. The molecule has 2 aliphatic carbocycles. The van der Waals surface area contributed by atoms with E-state index in [1.807, 2.05) is 20.8 Å². The lowest BCUT2D eigenvalue weighted by molar-refractivity contribution is 0.00968. The second-order valence-corrected chi connectivity index (χ2v) is 7.73. The van der Waals surface area contributed by atoms with Crippen molar-refractivity contribution in [2.24, 2.45) is 5.92 Å². The molecule has 22 heavy (non-hydrogen) atoms. The number of carbonyl (C=O) groups is 1. The summed E-state index contributed by atoms with van der Waals surface area (Å²) < 4.78 is 10.7. The van der Waals surface area contributed by atoms with Gasteiger partial charge in [-0.3, -0.25) is 0 Å². The number of amides is 1. The van der Waals surface area contributed by atoms with E-state index in [-0.39, 0.29) is 6.09 Å². The van der Waals surface area contributed by atoms with Crippen molar-refractivity contribution in [2.75, 3.05) is 13.7 Å². The smallest absolute Gasteiger partial charge is 0.407 e. The molecular formula is C17H32N2O3. The summed E-state index contributed by atoms with van der Waals surface area (Å²) >= 11 is 0. The number of alkyl carbamates (subject to hydrolysis) is 1. The van der Waals surface area contributed by atoms with Gasteiger partial charge in [0.05, 0.1) is 6.10 Å². The van der Waals surface area contributed by atoms with Gasteiger partial charge in [-0.05, 0) is 52.4 Å². The summed E-state index contributed by atoms with van der Waals surface area (Å²) in [6, 6.07) is 1.09. The van der Waals surface area contributed by atoms with Gasteiger partial charge in [-0.25, -0.2) is 4.79 Å². The van der Waals surface area contributed by atoms with Crippen molar-refractivity contribution in [1.29, 1.82) is 0 Å². The molecule has 2 N–H and O–H groups in total. The maximum Gasteiger partial charge on any atom is 0.407 e. The Hall–Kier alpha value is -0.810. The van der Waals surface area contributed by atoms with Crippen LogP contribution in [0.1, 0.15) is 59.3 Å². The van der Waals surface area contributed by atoms with Crippen LogP contribution in [-0.2, 0) is 9.47 Å². The second-order valence-electron chi connectivity index (χ2n) is 7.73. The monoisotopic (exact) mass is 312 g/mol. The fraction of sp³-hybridized carbons (Fsp3) is 0.941. The molecule has 0 bridgehead atoms. The number of carbonyl (C=O) groups excluding carboxylic acids is 1. The van der Waals surface area contributed by atoms with E-state index in [9.17, 15) is 4.79 Å². The molecule has 5 heteroatoms. The Morgan fingerprint density at radius 3 is 2.50 bits per heavy atom. The number of methoxy groups -OCH3 is 1. The van der Waals surface area contributed by atoms with E-state index in [2.05, 4.69) is 10.6 Å². The Balaban J connectivity index is 1.74. The molecular weight excluding hydrogens is 280 g/mol. The van der Waals surface area contributed by atoms with Gasteiger partial charge in [0.1, 0.15) is 5.60 Å². The fourth-order valence-corrected chi connectivity index (χ4v) is 3.40. The minimum Gasteiger partial charge on any atom is -0.444 e. The summed E-state index contributed by atoms with van der Waals surface area (Å²) in [5.41, 5.74) is -0.435. The highest BCUT2D eigenvalue weighted by molar-refractivity contribution is 5.67. The van der Waals surface area contributed by atoms with Gasteiger partial charge in [-0.2, -0.15) is 0 Å². The molecule has 128 valence electrons. The molecule has 0 heterocycles. The van der Waals surface area contributed by atoms with Crippen LogP contribution in [0, 0.1) is 5.92 Å². The Morgan fingerprint density at radius 1 is 1.18 bits per heavy atom. The van der Waals surface area contributed by atoms with Crippen molar-refractivity contribution in [3.8, 4) is 0 Å². The summed E-state index contributed by atoms with van der Waals surface area (Å²) in [4.78, 5) is 11.8. The van der Waals surface area contributed by atoms with Crippen LogP contribution in [0.5, 0.6) is 0 Å². The SMILES string of the molecule is COC1CC(NC2CCCCC2CNC(=O)OC(C)(C)C)C1. The topological polar surface area (TPSA) is 59.6 Å². The minimum atomic E-state index is -0.435. The number of rotatable bonds is 5. The summed E-state index contributed by atoms with van der Waals surface area (Å²) in [6.45, 7) is 6.37. The molecule has 2 aliphatic rings. The highest BCUT2D eigenvalue weighted by atomic mass is 16.6. The van der Waals surface area contributed by atoms with Crippen LogP contribution in [0.25, 0.3) is 0 Å². The molecule has 1 amide bonds. The largest absolute Gasteiger partial charge is 0.444 e. The number of hydrogen-bond donors (Lipinski definition) is 2. The van der Waals surface area contributed by atoms with Gasteiger partial charge >= 0.3 is 6.09 Å². The predicted molar refractivity (Wildman–Crippen MR) is 86.9 cm³/mol. The summed E-state index contributed by atoms with van der Waals surface area (Å²) in [5.74, 6) is 0.503. The van der Waals surface area contributed by atoms with E-state index in [1.54, 1.807) is 7.11 Å². The van der Waals surface area contributed by atoms with E-state index >= 15 is 0 Å². The molecule has 0 aromatic rings. The van der Waals surface area contributed by atoms with Gasteiger partial charge in [-0.15, -0.1) is 0 Å². The third-order valence-electron chi connectivity index (χ3n) is 4.69. The normalized spacial score (nSPS) is 32.2. The van der Waals surface area contributed by atoms with Crippen molar-refractivity contribution in [3.63, 3.8) is 0 Å².